The Labute approximate surface area is 96.7 Å². The molecule has 0 atom stereocenters. The van der Waals surface area contributed by atoms with E-state index in [2.05, 4.69) is 22.0 Å². The summed E-state index contributed by atoms with van der Waals surface area (Å²) < 4.78 is 0. The van der Waals surface area contributed by atoms with E-state index in [0.29, 0.717) is 10.0 Å². The highest BCUT2D eigenvalue weighted by Crippen LogP contribution is 2.26. The van der Waals surface area contributed by atoms with Crippen LogP contribution in [-0.2, 0) is 0 Å². The molecule has 0 amide bonds. The summed E-state index contributed by atoms with van der Waals surface area (Å²) >= 11 is 15.2. The van der Waals surface area contributed by atoms with Gasteiger partial charge in [0, 0.05) is 5.33 Å². The smallest absolute Gasteiger partial charge is 0.0664 e. The van der Waals surface area contributed by atoms with Crippen molar-refractivity contribution in [1.82, 2.24) is 0 Å². The molecule has 0 fully saturated rings. The quantitative estimate of drug-likeness (QED) is 0.698. The standard InChI is InChI=1S/C10H9BrCl2/c11-7-2-1-4-8-5-3-6-9(12)10(8)13/h1,3-6H,2,7H2. The van der Waals surface area contributed by atoms with Crippen LogP contribution in [0.25, 0.3) is 6.08 Å². The maximum atomic E-state index is 5.98. The highest BCUT2D eigenvalue weighted by Gasteiger charge is 1.99. The van der Waals surface area contributed by atoms with Crippen LogP contribution >= 0.6 is 39.1 Å². The number of alkyl halides is 1. The van der Waals surface area contributed by atoms with Gasteiger partial charge in [-0.3, -0.25) is 0 Å². The van der Waals surface area contributed by atoms with E-state index in [1.54, 1.807) is 6.07 Å². The second kappa shape index (κ2) is 5.69. The Morgan fingerprint density at radius 1 is 1.31 bits per heavy atom. The van der Waals surface area contributed by atoms with Gasteiger partial charge in [-0.05, 0) is 18.1 Å². The van der Waals surface area contributed by atoms with E-state index < -0.39 is 0 Å². The second-order valence-corrected chi connectivity index (χ2v) is 4.10. The molecule has 0 saturated carbocycles. The summed E-state index contributed by atoms with van der Waals surface area (Å²) in [5.74, 6) is 0. The monoisotopic (exact) mass is 278 g/mol. The molecular weight excluding hydrogens is 271 g/mol. The van der Waals surface area contributed by atoms with Crippen molar-refractivity contribution in [1.29, 1.82) is 0 Å². The third kappa shape index (κ3) is 3.34. The first kappa shape index (κ1) is 11.1. The first-order valence-corrected chi connectivity index (χ1v) is 5.80. The lowest BCUT2D eigenvalue weighted by Gasteiger charge is -1.99. The van der Waals surface area contributed by atoms with Crippen molar-refractivity contribution in [2.75, 3.05) is 5.33 Å². The van der Waals surface area contributed by atoms with Gasteiger partial charge < -0.3 is 0 Å². The molecule has 0 N–H and O–H groups in total. The van der Waals surface area contributed by atoms with Gasteiger partial charge in [0.15, 0.2) is 0 Å². The Morgan fingerprint density at radius 2 is 2.08 bits per heavy atom. The van der Waals surface area contributed by atoms with Crippen molar-refractivity contribution in [3.8, 4) is 0 Å². The van der Waals surface area contributed by atoms with Crippen LogP contribution in [0, 0.1) is 0 Å². The first-order valence-electron chi connectivity index (χ1n) is 3.92. The summed E-state index contributed by atoms with van der Waals surface area (Å²) in [5.41, 5.74) is 0.968. The van der Waals surface area contributed by atoms with Crippen molar-refractivity contribution in [2.24, 2.45) is 0 Å². The largest absolute Gasteiger partial charge is 0.0925 e. The summed E-state index contributed by atoms with van der Waals surface area (Å²) in [6, 6.07) is 5.62. The molecule has 0 aliphatic heterocycles. The third-order valence-electron chi connectivity index (χ3n) is 1.55. The Bertz CT molecular complexity index is 308. The van der Waals surface area contributed by atoms with E-state index in [1.807, 2.05) is 18.2 Å². The van der Waals surface area contributed by atoms with Crippen molar-refractivity contribution in [3.05, 3.63) is 39.9 Å². The summed E-state index contributed by atoms with van der Waals surface area (Å²) in [7, 11) is 0. The molecule has 13 heavy (non-hydrogen) atoms. The molecule has 0 radical (unpaired) electrons. The van der Waals surface area contributed by atoms with Crippen LogP contribution in [0.3, 0.4) is 0 Å². The van der Waals surface area contributed by atoms with Crippen LogP contribution in [0.2, 0.25) is 10.0 Å². The molecule has 0 spiro atoms. The maximum Gasteiger partial charge on any atom is 0.0664 e. The van der Waals surface area contributed by atoms with Crippen molar-refractivity contribution >= 4 is 45.2 Å². The van der Waals surface area contributed by atoms with Gasteiger partial charge in [0.25, 0.3) is 0 Å². The highest BCUT2D eigenvalue weighted by atomic mass is 79.9. The fourth-order valence-corrected chi connectivity index (χ4v) is 1.56. The average Bonchev–Trinajstić information content (AvgIpc) is 2.13. The average molecular weight is 280 g/mol. The van der Waals surface area contributed by atoms with E-state index >= 15 is 0 Å². The van der Waals surface area contributed by atoms with E-state index in [4.69, 9.17) is 23.2 Å². The molecule has 70 valence electrons. The van der Waals surface area contributed by atoms with Gasteiger partial charge in [-0.1, -0.05) is 63.4 Å². The number of halogens is 3. The maximum absolute atomic E-state index is 5.98. The minimum atomic E-state index is 0.600. The highest BCUT2D eigenvalue weighted by molar-refractivity contribution is 9.09. The predicted molar refractivity (Wildman–Crippen MR) is 63.9 cm³/mol. The normalized spacial score (nSPS) is 11.0. The SMILES string of the molecule is Clc1cccc(C=CCCBr)c1Cl. The molecule has 3 heteroatoms. The van der Waals surface area contributed by atoms with E-state index in [-0.39, 0.29) is 0 Å². The molecule has 0 aliphatic rings. The molecule has 1 aromatic rings. The number of rotatable bonds is 3. The molecule has 0 aromatic heterocycles. The summed E-state index contributed by atoms with van der Waals surface area (Å²) in [6.45, 7) is 0. The minimum Gasteiger partial charge on any atom is -0.0925 e. The molecule has 1 aromatic carbocycles. The topological polar surface area (TPSA) is 0 Å². The van der Waals surface area contributed by atoms with Crippen LogP contribution in [0.1, 0.15) is 12.0 Å². The zero-order valence-electron chi connectivity index (χ0n) is 6.93. The lowest BCUT2D eigenvalue weighted by Crippen LogP contribution is -1.76. The zero-order valence-corrected chi connectivity index (χ0v) is 10.0. The van der Waals surface area contributed by atoms with Gasteiger partial charge in [-0.2, -0.15) is 0 Å². The number of hydrogen-bond donors (Lipinski definition) is 0. The number of benzene rings is 1. The molecule has 0 saturated heterocycles. The Balaban J connectivity index is 2.83. The van der Waals surface area contributed by atoms with Gasteiger partial charge in [0.2, 0.25) is 0 Å². The van der Waals surface area contributed by atoms with Gasteiger partial charge in [-0.15, -0.1) is 0 Å². The summed E-state index contributed by atoms with van der Waals surface area (Å²) in [5, 5.41) is 2.18. The van der Waals surface area contributed by atoms with Gasteiger partial charge in [-0.25, -0.2) is 0 Å². The van der Waals surface area contributed by atoms with Crippen molar-refractivity contribution < 1.29 is 0 Å². The number of allylic oxidation sites excluding steroid dienone is 1. The van der Waals surface area contributed by atoms with Crippen LogP contribution in [0.4, 0.5) is 0 Å². The summed E-state index contributed by atoms with van der Waals surface area (Å²) in [6.07, 6.45) is 5.03. The Kier molecular flexibility index (Phi) is 4.86. The first-order chi connectivity index (χ1) is 6.25. The number of hydrogen-bond acceptors (Lipinski definition) is 0. The van der Waals surface area contributed by atoms with Gasteiger partial charge in [0.05, 0.1) is 10.0 Å². The van der Waals surface area contributed by atoms with Gasteiger partial charge >= 0.3 is 0 Å². The van der Waals surface area contributed by atoms with Crippen LogP contribution < -0.4 is 0 Å². The van der Waals surface area contributed by atoms with Crippen molar-refractivity contribution in [3.63, 3.8) is 0 Å². The molecule has 0 bridgehead atoms. The summed E-state index contributed by atoms with van der Waals surface area (Å²) in [4.78, 5) is 0. The minimum absolute atomic E-state index is 0.600. The molecular formula is C10H9BrCl2. The Hall–Kier alpha value is 0.0200. The predicted octanol–water partition coefficient (Wildman–Crippen LogP) is 4.79. The van der Waals surface area contributed by atoms with Crippen LogP contribution in [-0.4, -0.2) is 5.33 Å². The third-order valence-corrected chi connectivity index (χ3v) is 2.85. The lowest BCUT2D eigenvalue weighted by molar-refractivity contribution is 1.27. The second-order valence-electron chi connectivity index (χ2n) is 2.52. The van der Waals surface area contributed by atoms with E-state index in [9.17, 15) is 0 Å². The molecule has 1 rings (SSSR count). The molecule has 0 unspecified atom stereocenters. The molecule has 0 nitrogen and oxygen atoms in total. The van der Waals surface area contributed by atoms with Crippen LogP contribution in [0.15, 0.2) is 24.3 Å². The van der Waals surface area contributed by atoms with Crippen molar-refractivity contribution in [2.45, 2.75) is 6.42 Å². The Morgan fingerprint density at radius 3 is 2.77 bits per heavy atom. The zero-order chi connectivity index (χ0) is 9.68. The van der Waals surface area contributed by atoms with E-state index in [0.717, 1.165) is 17.3 Å². The van der Waals surface area contributed by atoms with Crippen LogP contribution in [0.5, 0.6) is 0 Å². The molecule has 0 heterocycles. The fraction of sp³-hybridized carbons (Fsp3) is 0.200. The fourth-order valence-electron chi connectivity index (χ4n) is 0.922. The van der Waals surface area contributed by atoms with E-state index in [1.165, 1.54) is 0 Å². The molecule has 0 aliphatic carbocycles. The van der Waals surface area contributed by atoms with Gasteiger partial charge in [0.1, 0.15) is 0 Å². The lowest BCUT2D eigenvalue weighted by atomic mass is 10.2.